The molecule has 1 heterocycles. The largest absolute Gasteiger partial charge is 0.477 e. The van der Waals surface area contributed by atoms with Gasteiger partial charge in [0.05, 0.1) is 5.00 Å². The molecule has 4 nitrogen and oxygen atoms in total. The van der Waals surface area contributed by atoms with Gasteiger partial charge in [-0.25, -0.2) is 4.79 Å². The van der Waals surface area contributed by atoms with Crippen LogP contribution in [0, 0.1) is 0 Å². The Morgan fingerprint density at radius 2 is 2.05 bits per heavy atom. The molecule has 102 valence electrons. The number of halogens is 1. The summed E-state index contributed by atoms with van der Waals surface area (Å²) in [6.45, 7) is 0. The lowest BCUT2D eigenvalue weighted by Gasteiger charge is -1.97. The van der Waals surface area contributed by atoms with Crippen LogP contribution < -0.4 is 5.32 Å². The Balaban J connectivity index is 1.99. The van der Waals surface area contributed by atoms with Crippen LogP contribution in [0.1, 0.15) is 15.2 Å². The lowest BCUT2D eigenvalue weighted by molar-refractivity contribution is -0.111. The van der Waals surface area contributed by atoms with Crippen molar-refractivity contribution in [2.75, 3.05) is 5.32 Å². The lowest BCUT2D eigenvalue weighted by Crippen LogP contribution is -2.06. The maximum atomic E-state index is 11.7. The number of benzene rings is 1. The number of rotatable bonds is 4. The number of hydrogen-bond acceptors (Lipinski definition) is 3. The Labute approximate surface area is 127 Å². The van der Waals surface area contributed by atoms with Gasteiger partial charge in [0.25, 0.3) is 0 Å². The Hall–Kier alpha value is -1.92. The van der Waals surface area contributed by atoms with Gasteiger partial charge in [-0.1, -0.05) is 28.1 Å². The minimum Gasteiger partial charge on any atom is -0.477 e. The van der Waals surface area contributed by atoms with Crippen LogP contribution in [-0.2, 0) is 4.79 Å². The van der Waals surface area contributed by atoms with Crippen molar-refractivity contribution in [1.82, 2.24) is 0 Å². The highest BCUT2D eigenvalue weighted by Gasteiger charge is 2.07. The summed E-state index contributed by atoms with van der Waals surface area (Å²) >= 11 is 4.37. The highest BCUT2D eigenvalue weighted by atomic mass is 79.9. The van der Waals surface area contributed by atoms with Crippen LogP contribution in [0.25, 0.3) is 6.08 Å². The molecule has 0 aliphatic rings. The number of nitrogens with one attached hydrogen (secondary N) is 1. The fraction of sp³-hybridized carbons (Fsp3) is 0. The van der Waals surface area contributed by atoms with Crippen molar-refractivity contribution < 1.29 is 14.7 Å². The topological polar surface area (TPSA) is 66.4 Å². The number of carboxylic acids is 1. The molecule has 20 heavy (non-hydrogen) atoms. The molecular formula is C14H10BrNO3S. The van der Waals surface area contributed by atoms with Crippen molar-refractivity contribution in [3.63, 3.8) is 0 Å². The zero-order valence-corrected chi connectivity index (χ0v) is 12.6. The zero-order chi connectivity index (χ0) is 14.5. The Kier molecular flexibility index (Phi) is 4.70. The van der Waals surface area contributed by atoms with Gasteiger partial charge in [-0.3, -0.25) is 4.79 Å². The molecule has 6 heteroatoms. The maximum absolute atomic E-state index is 11.7. The molecule has 0 atom stereocenters. The smallest absolute Gasteiger partial charge is 0.345 e. The number of thiophene rings is 1. The summed E-state index contributed by atoms with van der Waals surface area (Å²) in [7, 11) is 0. The number of carboxylic acid groups (broad SMARTS) is 1. The van der Waals surface area contributed by atoms with Gasteiger partial charge in [-0.05, 0) is 35.9 Å². The second-order valence-corrected chi connectivity index (χ2v) is 5.85. The first-order chi connectivity index (χ1) is 9.54. The third-order valence-electron chi connectivity index (χ3n) is 2.34. The fourth-order valence-corrected chi connectivity index (χ4v) is 2.63. The fourth-order valence-electron chi connectivity index (χ4n) is 1.47. The first-order valence-electron chi connectivity index (χ1n) is 5.62. The molecule has 1 aromatic heterocycles. The molecule has 2 aromatic rings. The number of hydrogen-bond donors (Lipinski definition) is 2. The SMILES string of the molecule is O=C(/C=C/c1cccc(Br)c1)Nc1ccc(C(=O)O)s1. The second-order valence-electron chi connectivity index (χ2n) is 3.85. The minimum atomic E-state index is -1.000. The second kappa shape index (κ2) is 6.49. The van der Waals surface area contributed by atoms with Gasteiger partial charge in [0, 0.05) is 10.5 Å². The van der Waals surface area contributed by atoms with E-state index in [1.807, 2.05) is 24.3 Å². The molecule has 2 N–H and O–H groups in total. The summed E-state index contributed by atoms with van der Waals surface area (Å²) in [5, 5.41) is 11.9. The van der Waals surface area contributed by atoms with E-state index in [1.165, 1.54) is 12.1 Å². The van der Waals surface area contributed by atoms with E-state index < -0.39 is 5.97 Å². The summed E-state index contributed by atoms with van der Waals surface area (Å²) in [4.78, 5) is 22.6. The average Bonchev–Trinajstić information content (AvgIpc) is 2.85. The number of carbonyl (C=O) groups excluding carboxylic acids is 1. The van der Waals surface area contributed by atoms with Crippen LogP contribution in [0.3, 0.4) is 0 Å². The van der Waals surface area contributed by atoms with Gasteiger partial charge < -0.3 is 10.4 Å². The van der Waals surface area contributed by atoms with Crippen LogP contribution in [0.15, 0.2) is 46.9 Å². The normalized spacial score (nSPS) is 10.7. The van der Waals surface area contributed by atoms with Crippen molar-refractivity contribution in [2.45, 2.75) is 0 Å². The first kappa shape index (κ1) is 14.5. The van der Waals surface area contributed by atoms with Crippen LogP contribution in [0.5, 0.6) is 0 Å². The van der Waals surface area contributed by atoms with Gasteiger partial charge in [0.15, 0.2) is 0 Å². The van der Waals surface area contributed by atoms with Crippen molar-refractivity contribution in [2.24, 2.45) is 0 Å². The van der Waals surface area contributed by atoms with E-state index in [1.54, 1.807) is 12.1 Å². The van der Waals surface area contributed by atoms with E-state index in [4.69, 9.17) is 5.11 Å². The van der Waals surface area contributed by atoms with E-state index in [9.17, 15) is 9.59 Å². The van der Waals surface area contributed by atoms with Crippen molar-refractivity contribution in [3.05, 3.63) is 57.4 Å². The zero-order valence-electron chi connectivity index (χ0n) is 10.2. The molecule has 0 aliphatic heterocycles. The van der Waals surface area contributed by atoms with Crippen LogP contribution in [0.4, 0.5) is 5.00 Å². The highest BCUT2D eigenvalue weighted by Crippen LogP contribution is 2.21. The monoisotopic (exact) mass is 351 g/mol. The molecule has 0 aliphatic carbocycles. The van der Waals surface area contributed by atoms with Gasteiger partial charge in [-0.15, -0.1) is 11.3 Å². The Bertz CT molecular complexity index is 679. The summed E-state index contributed by atoms with van der Waals surface area (Å²) in [6, 6.07) is 10.6. The Morgan fingerprint density at radius 3 is 2.70 bits per heavy atom. The molecule has 1 amide bonds. The third-order valence-corrected chi connectivity index (χ3v) is 3.82. The van der Waals surface area contributed by atoms with Crippen LogP contribution >= 0.6 is 27.3 Å². The first-order valence-corrected chi connectivity index (χ1v) is 7.23. The summed E-state index contributed by atoms with van der Waals surface area (Å²) in [5.41, 5.74) is 0.895. The Morgan fingerprint density at radius 1 is 1.25 bits per heavy atom. The van der Waals surface area contributed by atoms with Gasteiger partial charge in [0.2, 0.25) is 5.91 Å². The molecule has 0 fully saturated rings. The number of carbonyl (C=O) groups is 2. The maximum Gasteiger partial charge on any atom is 0.345 e. The minimum absolute atomic E-state index is 0.191. The average molecular weight is 352 g/mol. The third kappa shape index (κ3) is 4.04. The van der Waals surface area contributed by atoms with Crippen LogP contribution in [0.2, 0.25) is 0 Å². The highest BCUT2D eigenvalue weighted by molar-refractivity contribution is 9.10. The molecule has 2 rings (SSSR count). The number of amides is 1. The molecule has 0 radical (unpaired) electrons. The molecule has 0 bridgehead atoms. The molecule has 1 aromatic carbocycles. The van der Waals surface area contributed by atoms with E-state index in [0.29, 0.717) is 5.00 Å². The predicted molar refractivity (Wildman–Crippen MR) is 83.1 cm³/mol. The number of anilines is 1. The van der Waals surface area contributed by atoms with Gasteiger partial charge in [-0.2, -0.15) is 0 Å². The van der Waals surface area contributed by atoms with Crippen molar-refractivity contribution in [3.8, 4) is 0 Å². The standard InChI is InChI=1S/C14H10BrNO3S/c15-10-3-1-2-9(8-10)4-6-12(17)16-13-7-5-11(20-13)14(18)19/h1-8H,(H,16,17)(H,18,19)/b6-4+. The van der Waals surface area contributed by atoms with Crippen molar-refractivity contribution >= 4 is 50.2 Å². The van der Waals surface area contributed by atoms with E-state index in [2.05, 4.69) is 21.2 Å². The van der Waals surface area contributed by atoms with E-state index in [0.717, 1.165) is 21.4 Å². The predicted octanol–water partition coefficient (Wildman–Crippen LogP) is 3.86. The van der Waals surface area contributed by atoms with E-state index in [-0.39, 0.29) is 10.8 Å². The summed E-state index contributed by atoms with van der Waals surface area (Å²) < 4.78 is 0.935. The quantitative estimate of drug-likeness (QED) is 0.821. The van der Waals surface area contributed by atoms with Crippen LogP contribution in [-0.4, -0.2) is 17.0 Å². The molecule has 0 unspecified atom stereocenters. The number of aromatic carboxylic acids is 1. The molecule has 0 spiro atoms. The summed E-state index contributed by atoms with van der Waals surface area (Å²) in [5.74, 6) is -1.30. The van der Waals surface area contributed by atoms with E-state index >= 15 is 0 Å². The molecular weight excluding hydrogens is 342 g/mol. The summed E-state index contributed by atoms with van der Waals surface area (Å²) in [6.07, 6.45) is 3.09. The van der Waals surface area contributed by atoms with Crippen molar-refractivity contribution in [1.29, 1.82) is 0 Å². The molecule has 0 saturated heterocycles. The molecule has 0 saturated carbocycles. The van der Waals surface area contributed by atoms with Gasteiger partial charge in [0.1, 0.15) is 4.88 Å². The van der Waals surface area contributed by atoms with Gasteiger partial charge >= 0.3 is 5.97 Å². The lowest BCUT2D eigenvalue weighted by atomic mass is 10.2.